The first-order valence-electron chi connectivity index (χ1n) is 7.65. The van der Waals surface area contributed by atoms with Gasteiger partial charge in [-0.05, 0) is 41.3 Å². The Labute approximate surface area is 140 Å². The van der Waals surface area contributed by atoms with Crippen LogP contribution < -0.4 is 0 Å². The number of allylic oxidation sites excluding steroid dienone is 1. The zero-order valence-corrected chi connectivity index (χ0v) is 13.8. The molecule has 0 saturated carbocycles. The van der Waals surface area contributed by atoms with Gasteiger partial charge < -0.3 is 19.3 Å². The number of unbranched alkanes of at least 4 members (excludes halogenated alkanes) is 1. The predicted octanol–water partition coefficient (Wildman–Crippen LogP) is 2.98. The Morgan fingerprint density at radius 2 is 2.39 bits per heavy atom. The van der Waals surface area contributed by atoms with Crippen LogP contribution in [0.4, 0.5) is 0 Å². The van der Waals surface area contributed by atoms with Crippen LogP contribution in [0.5, 0.6) is 0 Å². The molecule has 23 heavy (non-hydrogen) atoms. The van der Waals surface area contributed by atoms with E-state index in [1.54, 1.807) is 17.4 Å². The minimum absolute atomic E-state index is 0.0594. The lowest BCUT2D eigenvalue weighted by atomic mass is 9.95. The molecule has 0 bridgehead atoms. The number of esters is 1. The van der Waals surface area contributed by atoms with Gasteiger partial charge in [0.05, 0.1) is 6.61 Å². The van der Waals surface area contributed by atoms with Crippen molar-refractivity contribution in [2.45, 2.75) is 31.5 Å². The molecule has 0 unspecified atom stereocenters. The van der Waals surface area contributed by atoms with Gasteiger partial charge in [0.2, 0.25) is 12.0 Å². The van der Waals surface area contributed by atoms with Gasteiger partial charge in [-0.1, -0.05) is 12.7 Å². The molecule has 1 aliphatic heterocycles. The van der Waals surface area contributed by atoms with Crippen LogP contribution in [0.3, 0.4) is 0 Å². The maximum absolute atomic E-state index is 12.0. The van der Waals surface area contributed by atoms with Crippen LogP contribution in [0.2, 0.25) is 0 Å². The summed E-state index contributed by atoms with van der Waals surface area (Å²) in [5, 5.41) is 12.9. The molecule has 126 valence electrons. The summed E-state index contributed by atoms with van der Waals surface area (Å²) < 4.78 is 16.4. The van der Waals surface area contributed by atoms with Gasteiger partial charge in [0.1, 0.15) is 6.61 Å². The van der Waals surface area contributed by atoms with Gasteiger partial charge in [-0.25, -0.2) is 4.79 Å². The van der Waals surface area contributed by atoms with Crippen molar-refractivity contribution in [3.8, 4) is 0 Å². The maximum atomic E-state index is 12.0. The number of hydrogen-bond acceptors (Lipinski definition) is 6. The van der Waals surface area contributed by atoms with Gasteiger partial charge >= 0.3 is 5.97 Å². The molecule has 0 aliphatic carbocycles. The van der Waals surface area contributed by atoms with Crippen molar-refractivity contribution in [2.24, 2.45) is 0 Å². The summed E-state index contributed by atoms with van der Waals surface area (Å²) in [6.07, 6.45) is 4.90. The van der Waals surface area contributed by atoms with Crippen molar-refractivity contribution >= 4 is 17.3 Å². The second-order valence-corrected chi connectivity index (χ2v) is 5.95. The third kappa shape index (κ3) is 5.49. The van der Waals surface area contributed by atoms with E-state index in [1.807, 2.05) is 11.4 Å². The van der Waals surface area contributed by atoms with E-state index in [1.165, 1.54) is 6.08 Å². The fourth-order valence-electron chi connectivity index (χ4n) is 2.26. The smallest absolute Gasteiger partial charge is 0.373 e. The van der Waals surface area contributed by atoms with Crippen molar-refractivity contribution in [1.29, 1.82) is 0 Å². The Bertz CT molecular complexity index is 523. The molecule has 5 nitrogen and oxygen atoms in total. The molecule has 2 rings (SSSR count). The van der Waals surface area contributed by atoms with Crippen molar-refractivity contribution in [3.05, 3.63) is 46.9 Å². The SMILES string of the molecule is C=CCOC(=O)C1=C[C@@H](c2ccsc2)C[C@@H](OCCCCO)O1. The first-order chi connectivity index (χ1) is 11.2. The highest BCUT2D eigenvalue weighted by molar-refractivity contribution is 7.08. The van der Waals surface area contributed by atoms with E-state index >= 15 is 0 Å². The number of rotatable bonds is 9. The fourth-order valence-corrected chi connectivity index (χ4v) is 2.98. The van der Waals surface area contributed by atoms with Crippen LogP contribution >= 0.6 is 11.3 Å². The summed E-state index contributed by atoms with van der Waals surface area (Å²) in [4.78, 5) is 12.0. The lowest BCUT2D eigenvalue weighted by Crippen LogP contribution is -2.28. The topological polar surface area (TPSA) is 65.0 Å². The Balaban J connectivity index is 2.02. The Hall–Kier alpha value is -1.63. The molecule has 2 heterocycles. The summed E-state index contributed by atoms with van der Waals surface area (Å²) in [6, 6.07) is 2.03. The van der Waals surface area contributed by atoms with Gasteiger partial charge in [0, 0.05) is 18.9 Å². The van der Waals surface area contributed by atoms with Crippen molar-refractivity contribution in [2.75, 3.05) is 19.8 Å². The van der Waals surface area contributed by atoms with Gasteiger partial charge in [0.15, 0.2) is 0 Å². The molecule has 0 fully saturated rings. The standard InChI is InChI=1S/C17H22O5S/c1-2-7-21-17(19)15-10-14(13-5-9-23-12-13)11-16(22-15)20-8-4-3-6-18/h2,5,9-10,12,14,16,18H,1,3-4,6-8,11H2/t14-,16+/m1/s1. The first-order valence-corrected chi connectivity index (χ1v) is 8.60. The Kier molecular flexibility index (Phi) is 7.32. The second-order valence-electron chi connectivity index (χ2n) is 5.17. The van der Waals surface area contributed by atoms with Crippen LogP contribution in [0.15, 0.2) is 41.3 Å². The largest absolute Gasteiger partial charge is 0.458 e. The van der Waals surface area contributed by atoms with Gasteiger partial charge in [-0.15, -0.1) is 0 Å². The van der Waals surface area contributed by atoms with Crippen LogP contribution in [0.1, 0.15) is 30.7 Å². The zero-order valence-electron chi connectivity index (χ0n) is 13.0. The highest BCUT2D eigenvalue weighted by Crippen LogP contribution is 2.32. The summed E-state index contributed by atoms with van der Waals surface area (Å²) in [5.74, 6) is -0.264. The predicted molar refractivity (Wildman–Crippen MR) is 88.1 cm³/mol. The molecule has 0 spiro atoms. The van der Waals surface area contributed by atoms with Crippen molar-refractivity contribution in [3.63, 3.8) is 0 Å². The van der Waals surface area contributed by atoms with Crippen LogP contribution in [0.25, 0.3) is 0 Å². The van der Waals surface area contributed by atoms with Crippen molar-refractivity contribution in [1.82, 2.24) is 0 Å². The molecule has 0 amide bonds. The number of carbonyl (C=O) groups is 1. The molecule has 6 heteroatoms. The monoisotopic (exact) mass is 338 g/mol. The number of aliphatic hydroxyl groups excluding tert-OH is 1. The highest BCUT2D eigenvalue weighted by Gasteiger charge is 2.29. The van der Waals surface area contributed by atoms with Crippen LogP contribution in [-0.2, 0) is 19.0 Å². The number of hydrogen-bond donors (Lipinski definition) is 1. The van der Waals surface area contributed by atoms with Crippen molar-refractivity contribution < 1.29 is 24.1 Å². The molecule has 2 atom stereocenters. The average molecular weight is 338 g/mol. The molecule has 1 N–H and O–H groups in total. The lowest BCUT2D eigenvalue weighted by molar-refractivity contribution is -0.160. The van der Waals surface area contributed by atoms with Gasteiger partial charge in [-0.3, -0.25) is 0 Å². The summed E-state index contributed by atoms with van der Waals surface area (Å²) in [7, 11) is 0. The maximum Gasteiger partial charge on any atom is 0.373 e. The number of aliphatic hydroxyl groups is 1. The molecule has 0 saturated heterocycles. The first kappa shape index (κ1) is 17.7. The number of ether oxygens (including phenoxy) is 3. The van der Waals surface area contributed by atoms with E-state index in [4.69, 9.17) is 19.3 Å². The van der Waals surface area contributed by atoms with Gasteiger partial charge in [0.25, 0.3) is 0 Å². The van der Waals surface area contributed by atoms with E-state index < -0.39 is 12.3 Å². The zero-order chi connectivity index (χ0) is 16.5. The molecule has 1 aromatic rings. The Morgan fingerprint density at radius 1 is 1.52 bits per heavy atom. The fraction of sp³-hybridized carbons (Fsp3) is 0.471. The van der Waals surface area contributed by atoms with Crippen LogP contribution in [-0.4, -0.2) is 37.2 Å². The van der Waals surface area contributed by atoms with Gasteiger partial charge in [-0.2, -0.15) is 11.3 Å². The minimum Gasteiger partial charge on any atom is -0.458 e. The second kappa shape index (κ2) is 9.50. The molecule has 0 radical (unpaired) electrons. The molecule has 1 aliphatic rings. The number of carbonyl (C=O) groups excluding carboxylic acids is 1. The molecule has 0 aromatic carbocycles. The third-order valence-electron chi connectivity index (χ3n) is 3.42. The molecular weight excluding hydrogens is 316 g/mol. The van der Waals surface area contributed by atoms with E-state index in [0.717, 1.165) is 12.0 Å². The van der Waals surface area contributed by atoms with Crippen LogP contribution in [0, 0.1) is 0 Å². The minimum atomic E-state index is -0.506. The quantitative estimate of drug-likeness (QED) is 0.426. The summed E-state index contributed by atoms with van der Waals surface area (Å²) >= 11 is 1.61. The van der Waals surface area contributed by atoms with E-state index in [0.29, 0.717) is 19.4 Å². The summed E-state index contributed by atoms with van der Waals surface area (Å²) in [5.41, 5.74) is 1.14. The lowest BCUT2D eigenvalue weighted by Gasteiger charge is -2.28. The number of thiophene rings is 1. The van der Waals surface area contributed by atoms with E-state index in [2.05, 4.69) is 12.0 Å². The third-order valence-corrected chi connectivity index (χ3v) is 4.12. The van der Waals surface area contributed by atoms with E-state index in [-0.39, 0.29) is 24.9 Å². The highest BCUT2D eigenvalue weighted by atomic mass is 32.1. The molecule has 1 aromatic heterocycles. The van der Waals surface area contributed by atoms with E-state index in [9.17, 15) is 4.79 Å². The summed E-state index contributed by atoms with van der Waals surface area (Å²) in [6.45, 7) is 4.30. The Morgan fingerprint density at radius 3 is 3.09 bits per heavy atom. The molecular formula is C17H22O5S. The average Bonchev–Trinajstić information content (AvgIpc) is 3.11. The normalized spacial score (nSPS) is 20.5.